The second kappa shape index (κ2) is 3.13. The number of nitrogens with zero attached hydrogens (tertiary/aromatic N) is 4. The quantitative estimate of drug-likeness (QED) is 0.276. The fourth-order valence-electron chi connectivity index (χ4n) is 1.08. The summed E-state index contributed by atoms with van der Waals surface area (Å²) in [5, 5.41) is 15.6. The zero-order valence-corrected chi connectivity index (χ0v) is 6.75. The molecule has 0 heterocycles. The molecule has 0 radical (unpaired) electrons. The van der Waals surface area contributed by atoms with Gasteiger partial charge in [-0.05, 0) is 6.92 Å². The molecule has 0 fully saturated rings. The van der Waals surface area contributed by atoms with Crippen molar-refractivity contribution in [2.75, 3.05) is 0 Å². The topological polar surface area (TPSA) is 78.9 Å². The predicted molar refractivity (Wildman–Crippen MR) is 44.3 cm³/mol. The summed E-state index contributed by atoms with van der Waals surface area (Å²) >= 11 is 0. The highest BCUT2D eigenvalue weighted by molar-refractivity contribution is 5.26. The van der Waals surface area contributed by atoms with Crippen molar-refractivity contribution in [3.8, 4) is 0 Å². The van der Waals surface area contributed by atoms with E-state index in [0.29, 0.717) is 0 Å². The van der Waals surface area contributed by atoms with E-state index in [0.717, 1.165) is 0 Å². The van der Waals surface area contributed by atoms with Crippen LogP contribution in [0.15, 0.2) is 34.6 Å². The molecule has 0 aromatic rings. The van der Waals surface area contributed by atoms with Crippen molar-refractivity contribution in [2.24, 2.45) is 22.1 Å². The average Bonchev–Trinajstić information content (AvgIpc) is 2.10. The van der Waals surface area contributed by atoms with Gasteiger partial charge in [0.05, 0.1) is 5.92 Å². The maximum absolute atomic E-state index is 8.77. The summed E-state index contributed by atoms with van der Waals surface area (Å²) in [6.45, 7) is 1.87. The van der Waals surface area contributed by atoms with Crippen LogP contribution in [0.4, 0.5) is 0 Å². The lowest BCUT2D eigenvalue weighted by Crippen LogP contribution is -2.28. The Kier molecular flexibility index (Phi) is 2.19. The molecule has 1 rings (SSSR count). The highest BCUT2D eigenvalue weighted by Gasteiger charge is 2.48. The van der Waals surface area contributed by atoms with Crippen LogP contribution in [0.2, 0.25) is 0 Å². The Hall–Kier alpha value is -1.70. The number of rotatable bonds is 1. The molecule has 0 amide bonds. The fourth-order valence-corrected chi connectivity index (χ4v) is 1.08. The Labute approximate surface area is 70.3 Å². The van der Waals surface area contributed by atoms with Gasteiger partial charge in [0.2, 0.25) is 5.39 Å². The molecule has 1 aliphatic rings. The molecule has 5 heteroatoms. The number of allylic oxidation sites excluding steroid dienone is 2. The second-order valence-corrected chi connectivity index (χ2v) is 2.63. The first-order valence-electron chi connectivity index (χ1n) is 3.59. The van der Waals surface area contributed by atoms with Crippen LogP contribution < -0.4 is 5.84 Å². The van der Waals surface area contributed by atoms with Gasteiger partial charge < -0.3 is 5.84 Å². The molecule has 2 atom stereocenters. The van der Waals surface area contributed by atoms with Crippen molar-refractivity contribution in [3.63, 3.8) is 0 Å². The van der Waals surface area contributed by atoms with Crippen LogP contribution in [0.1, 0.15) is 6.92 Å². The van der Waals surface area contributed by atoms with Crippen molar-refractivity contribution >= 4 is 0 Å². The van der Waals surface area contributed by atoms with E-state index < -0.39 is 5.66 Å². The molecule has 2 N–H and O–H groups in total. The Bertz CT molecular complexity index is 285. The highest BCUT2D eigenvalue weighted by Crippen LogP contribution is 2.29. The maximum atomic E-state index is 8.77. The molecular formula is C7H10N5+. The van der Waals surface area contributed by atoms with Gasteiger partial charge >= 0.3 is 5.66 Å². The molecule has 12 heavy (non-hydrogen) atoms. The van der Waals surface area contributed by atoms with Gasteiger partial charge in [-0.15, -0.1) is 0 Å². The third-order valence-corrected chi connectivity index (χ3v) is 1.90. The average molecular weight is 164 g/mol. The summed E-state index contributed by atoms with van der Waals surface area (Å²) in [5.74, 6) is 4.87. The van der Waals surface area contributed by atoms with Crippen LogP contribution in [0, 0.1) is 11.3 Å². The number of diazo groups is 1. The van der Waals surface area contributed by atoms with Gasteiger partial charge in [0.1, 0.15) is 0 Å². The standard InChI is InChI=1S/C7H10N5/c1-6-4-2-3-5-7(6,10-8)11-12-9/h2-6H,1H3,(H2,9,11)/q+1. The van der Waals surface area contributed by atoms with Crippen molar-refractivity contribution in [2.45, 2.75) is 12.6 Å². The van der Waals surface area contributed by atoms with Crippen molar-refractivity contribution in [1.29, 1.82) is 5.39 Å². The summed E-state index contributed by atoms with van der Waals surface area (Å²) in [7, 11) is 0. The lowest BCUT2D eigenvalue weighted by Gasteiger charge is -2.11. The molecule has 0 aromatic carbocycles. The van der Waals surface area contributed by atoms with E-state index in [9.17, 15) is 0 Å². The van der Waals surface area contributed by atoms with Gasteiger partial charge in [-0.2, -0.15) is 0 Å². The summed E-state index contributed by atoms with van der Waals surface area (Å²) in [5.41, 5.74) is -1.02. The Balaban J connectivity index is 3.02. The third-order valence-electron chi connectivity index (χ3n) is 1.90. The summed E-state index contributed by atoms with van der Waals surface area (Å²) in [6.07, 6.45) is 7.12. The van der Waals surface area contributed by atoms with Crippen LogP contribution >= 0.6 is 0 Å². The lowest BCUT2D eigenvalue weighted by molar-refractivity contribution is 0.471. The van der Waals surface area contributed by atoms with E-state index in [2.05, 4.69) is 15.3 Å². The molecule has 62 valence electrons. The predicted octanol–water partition coefficient (Wildman–Crippen LogP) is 1.62. The minimum absolute atomic E-state index is 0.0419. The SMILES string of the molecule is CC1C=CC=CC1(N=NN)[N+]#N. The van der Waals surface area contributed by atoms with Gasteiger partial charge in [-0.3, -0.25) is 0 Å². The number of nitrogens with two attached hydrogens (primary N) is 1. The summed E-state index contributed by atoms with van der Waals surface area (Å²) in [6, 6.07) is 0. The normalized spacial score (nSPS) is 33.8. The zero-order valence-electron chi connectivity index (χ0n) is 6.75. The maximum Gasteiger partial charge on any atom is 0.457 e. The van der Waals surface area contributed by atoms with Crippen LogP contribution in [-0.4, -0.2) is 5.66 Å². The van der Waals surface area contributed by atoms with E-state index in [-0.39, 0.29) is 5.92 Å². The fraction of sp³-hybridized carbons (Fsp3) is 0.429. The van der Waals surface area contributed by atoms with Crippen molar-refractivity contribution < 1.29 is 0 Å². The van der Waals surface area contributed by atoms with E-state index in [1.165, 1.54) is 0 Å². The molecule has 5 nitrogen and oxygen atoms in total. The van der Waals surface area contributed by atoms with Crippen molar-refractivity contribution in [3.05, 3.63) is 29.3 Å². The first-order chi connectivity index (χ1) is 5.75. The molecule has 0 saturated carbocycles. The van der Waals surface area contributed by atoms with Gasteiger partial charge in [-0.25, -0.2) is 0 Å². The Morgan fingerprint density at radius 3 is 2.83 bits per heavy atom. The van der Waals surface area contributed by atoms with Crippen LogP contribution in [0.25, 0.3) is 4.98 Å². The molecule has 0 spiro atoms. The zero-order chi connectivity index (χ0) is 9.03. The largest absolute Gasteiger partial charge is 0.457 e. The smallest absolute Gasteiger partial charge is 0.305 e. The molecule has 2 unspecified atom stereocenters. The van der Waals surface area contributed by atoms with E-state index >= 15 is 0 Å². The molecular weight excluding hydrogens is 154 g/mol. The number of hydrogen-bond acceptors (Lipinski definition) is 3. The van der Waals surface area contributed by atoms with Gasteiger partial charge in [0, 0.05) is 6.08 Å². The summed E-state index contributed by atoms with van der Waals surface area (Å²) in [4.78, 5) is 3.17. The van der Waals surface area contributed by atoms with E-state index in [1.54, 1.807) is 12.2 Å². The first-order valence-corrected chi connectivity index (χ1v) is 3.59. The summed E-state index contributed by atoms with van der Waals surface area (Å²) < 4.78 is 0. The van der Waals surface area contributed by atoms with Crippen LogP contribution in [0.3, 0.4) is 0 Å². The molecule has 0 aliphatic heterocycles. The lowest BCUT2D eigenvalue weighted by atomic mass is 9.91. The van der Waals surface area contributed by atoms with Crippen molar-refractivity contribution in [1.82, 2.24) is 0 Å². The highest BCUT2D eigenvalue weighted by atomic mass is 15.4. The second-order valence-electron chi connectivity index (χ2n) is 2.63. The van der Waals surface area contributed by atoms with Gasteiger partial charge in [0.15, 0.2) is 4.98 Å². The third kappa shape index (κ3) is 1.19. The van der Waals surface area contributed by atoms with Gasteiger partial charge in [0.25, 0.3) is 0 Å². The Morgan fingerprint density at radius 2 is 2.33 bits per heavy atom. The monoisotopic (exact) mass is 164 g/mol. The molecule has 1 aliphatic carbocycles. The van der Waals surface area contributed by atoms with E-state index in [4.69, 9.17) is 11.2 Å². The number of hydrogen-bond donors (Lipinski definition) is 1. The first kappa shape index (κ1) is 8.40. The minimum atomic E-state index is -1.02. The van der Waals surface area contributed by atoms with Gasteiger partial charge in [-0.1, -0.05) is 28.6 Å². The van der Waals surface area contributed by atoms with Crippen LogP contribution in [-0.2, 0) is 0 Å². The Morgan fingerprint density at radius 1 is 1.58 bits per heavy atom. The molecule has 0 bridgehead atoms. The van der Waals surface area contributed by atoms with E-state index in [1.807, 2.05) is 19.1 Å². The molecule has 0 aromatic heterocycles. The van der Waals surface area contributed by atoms with Crippen LogP contribution in [0.5, 0.6) is 0 Å². The molecule has 0 saturated heterocycles. The minimum Gasteiger partial charge on any atom is -0.305 e.